The molecule has 0 saturated carbocycles. The fraction of sp³-hybridized carbons (Fsp3) is 0.882. The van der Waals surface area contributed by atoms with Gasteiger partial charge in [-0.15, -0.1) is 0 Å². The van der Waals surface area contributed by atoms with Gasteiger partial charge in [0.05, 0.1) is 32.3 Å². The summed E-state index contributed by atoms with van der Waals surface area (Å²) in [6.07, 6.45) is 15.2. The summed E-state index contributed by atoms with van der Waals surface area (Å²) in [7, 11) is 0. The maximum atomic E-state index is 13.9. The van der Waals surface area contributed by atoms with Gasteiger partial charge in [0, 0.05) is 0 Å². The minimum absolute atomic E-state index is 0.0424. The van der Waals surface area contributed by atoms with E-state index in [1.165, 1.54) is 0 Å². The van der Waals surface area contributed by atoms with E-state index in [0.29, 0.717) is 38.5 Å². The summed E-state index contributed by atoms with van der Waals surface area (Å²) in [4.78, 5) is 55.5. The van der Waals surface area contributed by atoms with E-state index in [2.05, 4.69) is 27.7 Å². The Hall–Kier alpha value is -2.12. The Bertz CT molecular complexity index is 656. The molecule has 0 fully saturated rings. The van der Waals surface area contributed by atoms with Crippen molar-refractivity contribution in [3.05, 3.63) is 0 Å². The van der Waals surface area contributed by atoms with Crippen LogP contribution in [0.4, 0.5) is 0 Å². The van der Waals surface area contributed by atoms with Crippen LogP contribution in [-0.4, -0.2) is 50.3 Å². The minimum atomic E-state index is -2.56. The Morgan fingerprint density at radius 1 is 0.429 bits per heavy atom. The maximum absolute atomic E-state index is 13.9. The normalized spacial score (nSPS) is 12.0. The van der Waals surface area contributed by atoms with E-state index < -0.39 is 35.2 Å². The highest BCUT2D eigenvalue weighted by molar-refractivity contribution is 6.20. The molecule has 0 aromatic carbocycles. The van der Waals surface area contributed by atoms with E-state index in [9.17, 15) is 19.2 Å². The Kier molecular flexibility index (Phi) is 25.2. The third-order valence-corrected chi connectivity index (χ3v) is 7.55. The summed E-state index contributed by atoms with van der Waals surface area (Å²) < 4.78 is 22.4. The highest BCUT2D eigenvalue weighted by Gasteiger charge is 2.65. The molecule has 0 bridgehead atoms. The molecule has 8 nitrogen and oxygen atoms in total. The van der Waals surface area contributed by atoms with Gasteiger partial charge in [-0.2, -0.15) is 0 Å². The van der Waals surface area contributed by atoms with Crippen molar-refractivity contribution in [1.29, 1.82) is 0 Å². The lowest BCUT2D eigenvalue weighted by Crippen LogP contribution is -2.57. The Morgan fingerprint density at radius 2 is 0.738 bits per heavy atom. The van der Waals surface area contributed by atoms with Crippen LogP contribution in [0.2, 0.25) is 0 Å². The van der Waals surface area contributed by atoms with Crippen molar-refractivity contribution in [3.63, 3.8) is 0 Å². The van der Waals surface area contributed by atoms with Gasteiger partial charge in [-0.3, -0.25) is 19.2 Å². The smallest absolute Gasteiger partial charge is 0.336 e. The molecule has 0 rings (SSSR count). The molecule has 0 aromatic rings. The molecule has 0 spiro atoms. The largest absolute Gasteiger partial charge is 0.465 e. The average molecular weight is 599 g/mol. The number of ether oxygens (including phenoxy) is 4. The van der Waals surface area contributed by atoms with Crippen LogP contribution < -0.4 is 0 Å². The first-order chi connectivity index (χ1) is 20.4. The molecular formula is C34H62O8. The molecule has 0 saturated heterocycles. The number of unbranched alkanes of at least 4 members (excludes halogenated alkanes) is 13. The van der Waals surface area contributed by atoms with Crippen molar-refractivity contribution >= 4 is 23.9 Å². The second kappa shape index (κ2) is 26.5. The molecular weight excluding hydrogens is 536 g/mol. The molecule has 1 unspecified atom stereocenters. The van der Waals surface area contributed by atoms with Crippen LogP contribution in [0.25, 0.3) is 0 Å². The number of hydrogen-bond donors (Lipinski definition) is 0. The summed E-state index contributed by atoms with van der Waals surface area (Å²) in [5.74, 6) is -5.35. The molecule has 0 amide bonds. The van der Waals surface area contributed by atoms with Gasteiger partial charge >= 0.3 is 23.9 Å². The molecule has 42 heavy (non-hydrogen) atoms. The van der Waals surface area contributed by atoms with E-state index in [1.54, 1.807) is 0 Å². The van der Waals surface area contributed by atoms with Crippen molar-refractivity contribution < 1.29 is 38.1 Å². The standard InChI is InChI=1S/C34H62O8/c1-6-11-16-20-25-39-30(35)29(24-15-10-5)34(31(36)40-26-21-17-12-7-2,32(37)41-27-22-18-13-8-3)33(38)42-28-23-19-14-9-4/h29H,6-28H2,1-5H3. The molecule has 0 aromatic heterocycles. The number of carbonyl (C=O) groups is 4. The molecule has 0 radical (unpaired) electrons. The van der Waals surface area contributed by atoms with Crippen LogP contribution in [0, 0.1) is 11.3 Å². The van der Waals surface area contributed by atoms with Crippen molar-refractivity contribution in [2.45, 2.75) is 157 Å². The summed E-state index contributed by atoms with van der Waals surface area (Å²) >= 11 is 0. The van der Waals surface area contributed by atoms with Gasteiger partial charge < -0.3 is 18.9 Å². The fourth-order valence-electron chi connectivity index (χ4n) is 4.82. The topological polar surface area (TPSA) is 105 Å². The van der Waals surface area contributed by atoms with Crippen LogP contribution in [0.3, 0.4) is 0 Å². The molecule has 0 N–H and O–H groups in total. The van der Waals surface area contributed by atoms with Gasteiger partial charge in [0.1, 0.15) is 0 Å². The molecule has 0 heterocycles. The van der Waals surface area contributed by atoms with Gasteiger partial charge in [0.25, 0.3) is 5.41 Å². The second-order valence-electron chi connectivity index (χ2n) is 11.3. The first kappa shape index (κ1) is 39.9. The zero-order valence-electron chi connectivity index (χ0n) is 27.6. The summed E-state index contributed by atoms with van der Waals surface area (Å²) in [6, 6.07) is 0. The van der Waals surface area contributed by atoms with Crippen molar-refractivity contribution in [3.8, 4) is 0 Å². The van der Waals surface area contributed by atoms with Crippen LogP contribution >= 0.6 is 0 Å². The zero-order chi connectivity index (χ0) is 31.5. The van der Waals surface area contributed by atoms with Gasteiger partial charge in [0.2, 0.25) is 0 Å². The first-order valence-electron chi connectivity index (χ1n) is 17.1. The van der Waals surface area contributed by atoms with Gasteiger partial charge in [0.15, 0.2) is 0 Å². The SMILES string of the molecule is CCCCCCOC(=O)C(CCCC)C(C(=O)OCCCCCC)(C(=O)OCCCCCC)C(=O)OCCCCCC. The second-order valence-corrected chi connectivity index (χ2v) is 11.3. The molecule has 0 aliphatic carbocycles. The van der Waals surface area contributed by atoms with Gasteiger partial charge in [-0.05, 0) is 32.1 Å². The van der Waals surface area contributed by atoms with Crippen LogP contribution in [-0.2, 0) is 38.1 Å². The Morgan fingerprint density at radius 3 is 1.05 bits per heavy atom. The summed E-state index contributed by atoms with van der Waals surface area (Å²) in [5, 5.41) is 0. The number of esters is 4. The third-order valence-electron chi connectivity index (χ3n) is 7.55. The number of carbonyl (C=O) groups excluding carboxylic acids is 4. The lowest BCUT2D eigenvalue weighted by Gasteiger charge is -2.33. The van der Waals surface area contributed by atoms with Crippen molar-refractivity contribution in [1.82, 2.24) is 0 Å². The van der Waals surface area contributed by atoms with Crippen molar-refractivity contribution in [2.75, 3.05) is 26.4 Å². The fourth-order valence-corrected chi connectivity index (χ4v) is 4.82. The third kappa shape index (κ3) is 15.4. The summed E-state index contributed by atoms with van der Waals surface area (Å²) in [5.41, 5.74) is -2.56. The highest BCUT2D eigenvalue weighted by Crippen LogP contribution is 2.38. The number of hydrogen-bond acceptors (Lipinski definition) is 8. The molecule has 246 valence electrons. The maximum Gasteiger partial charge on any atom is 0.336 e. The van der Waals surface area contributed by atoms with E-state index in [-0.39, 0.29) is 32.8 Å². The quantitative estimate of drug-likeness (QED) is 0.0383. The van der Waals surface area contributed by atoms with E-state index in [4.69, 9.17) is 18.9 Å². The summed E-state index contributed by atoms with van der Waals surface area (Å²) in [6.45, 7) is 10.6. The molecule has 1 atom stereocenters. The molecule has 8 heteroatoms. The van der Waals surface area contributed by atoms with E-state index in [1.807, 2.05) is 6.92 Å². The lowest BCUT2D eigenvalue weighted by molar-refractivity contribution is -0.195. The lowest BCUT2D eigenvalue weighted by atomic mass is 9.72. The van der Waals surface area contributed by atoms with Crippen molar-refractivity contribution in [2.24, 2.45) is 11.3 Å². The molecule has 0 aliphatic heterocycles. The minimum Gasteiger partial charge on any atom is -0.465 e. The van der Waals surface area contributed by atoms with Gasteiger partial charge in [-0.25, -0.2) is 0 Å². The van der Waals surface area contributed by atoms with Gasteiger partial charge in [-0.1, -0.05) is 125 Å². The monoisotopic (exact) mass is 598 g/mol. The predicted molar refractivity (Wildman–Crippen MR) is 166 cm³/mol. The Balaban J connectivity index is 6.39. The van der Waals surface area contributed by atoms with E-state index in [0.717, 1.165) is 77.0 Å². The van der Waals surface area contributed by atoms with Crippen LogP contribution in [0.1, 0.15) is 157 Å². The van der Waals surface area contributed by atoms with Crippen LogP contribution in [0.15, 0.2) is 0 Å². The van der Waals surface area contributed by atoms with E-state index >= 15 is 0 Å². The molecule has 0 aliphatic rings. The zero-order valence-corrected chi connectivity index (χ0v) is 27.6. The number of rotatable bonds is 28. The highest BCUT2D eigenvalue weighted by atomic mass is 16.6. The first-order valence-corrected chi connectivity index (χ1v) is 17.1. The van der Waals surface area contributed by atoms with Crippen LogP contribution in [0.5, 0.6) is 0 Å². The predicted octanol–water partition coefficient (Wildman–Crippen LogP) is 8.27. The Labute approximate surface area is 256 Å². The average Bonchev–Trinajstić information content (AvgIpc) is 2.98.